The molecule has 2 aromatic rings. The average molecular weight is 315 g/mol. The minimum absolute atomic E-state index is 0.187. The van der Waals surface area contributed by atoms with Crippen LogP contribution in [0.5, 0.6) is 0 Å². The van der Waals surface area contributed by atoms with Crippen LogP contribution in [0.3, 0.4) is 0 Å². The van der Waals surface area contributed by atoms with Gasteiger partial charge >= 0.3 is 5.97 Å². The summed E-state index contributed by atoms with van der Waals surface area (Å²) in [5.74, 6) is -1.31. The van der Waals surface area contributed by atoms with Gasteiger partial charge in [0.05, 0.1) is 5.02 Å². The molecule has 0 radical (unpaired) electrons. The Kier molecular flexibility index (Phi) is 3.62. The largest absolute Gasteiger partial charge is 0.477 e. The number of carboxylic acids is 1. The number of carboxylic acid groups (broad SMARTS) is 1. The maximum atomic E-state index is 11.0. The van der Waals surface area contributed by atoms with E-state index < -0.39 is 11.7 Å². The molecule has 22 heavy (non-hydrogen) atoms. The summed E-state index contributed by atoms with van der Waals surface area (Å²) in [6, 6.07) is 9.26. The fraction of sp³-hybridized carbons (Fsp3) is 0.176. The first kappa shape index (κ1) is 14.6. The van der Waals surface area contributed by atoms with E-state index in [1.165, 1.54) is 17.2 Å². The highest BCUT2D eigenvalue weighted by Crippen LogP contribution is 2.34. The van der Waals surface area contributed by atoms with Gasteiger partial charge in [0.25, 0.3) is 0 Å². The van der Waals surface area contributed by atoms with Gasteiger partial charge in [0.2, 0.25) is 0 Å². The normalized spacial score (nSPS) is 13.0. The molecule has 0 spiro atoms. The first-order valence-corrected chi connectivity index (χ1v) is 7.38. The van der Waals surface area contributed by atoms with Crippen LogP contribution in [0.25, 0.3) is 11.1 Å². The molecule has 1 aliphatic carbocycles. The average Bonchev–Trinajstić information content (AvgIpc) is 2.94. The Morgan fingerprint density at radius 3 is 2.64 bits per heavy atom. The molecule has 0 fully saturated rings. The van der Waals surface area contributed by atoms with Gasteiger partial charge in [-0.3, -0.25) is 5.41 Å². The van der Waals surface area contributed by atoms with Crippen LogP contribution < -0.4 is 5.73 Å². The molecule has 0 heterocycles. The zero-order chi connectivity index (χ0) is 15.9. The molecule has 0 atom stereocenters. The van der Waals surface area contributed by atoms with Gasteiger partial charge in [0.1, 0.15) is 5.71 Å². The number of fused-ring (bicyclic) bond motifs is 1. The minimum atomic E-state index is -1.31. The molecule has 0 saturated carbocycles. The Balaban J connectivity index is 2.12. The molecule has 0 saturated heterocycles. The third kappa shape index (κ3) is 2.46. The summed E-state index contributed by atoms with van der Waals surface area (Å²) in [6.07, 6.45) is 3.30. The van der Waals surface area contributed by atoms with Crippen molar-refractivity contribution < 1.29 is 9.90 Å². The van der Waals surface area contributed by atoms with E-state index in [1.54, 1.807) is 6.07 Å². The summed E-state index contributed by atoms with van der Waals surface area (Å²) >= 11 is 6.27. The zero-order valence-corrected chi connectivity index (χ0v) is 12.6. The maximum absolute atomic E-state index is 11.0. The van der Waals surface area contributed by atoms with Gasteiger partial charge < -0.3 is 10.8 Å². The Labute approximate surface area is 133 Å². The smallest absolute Gasteiger partial charge is 0.354 e. The van der Waals surface area contributed by atoms with Crippen LogP contribution in [0, 0.1) is 5.41 Å². The van der Waals surface area contributed by atoms with Gasteiger partial charge in [0.15, 0.2) is 0 Å². The van der Waals surface area contributed by atoms with Crippen LogP contribution in [0.1, 0.15) is 23.1 Å². The SMILES string of the molecule is N=C(C(=O)O)c1cc(-c2ccc3c(c2)CCC3)c(Cl)cc1N. The number of nitrogens with one attached hydrogen (secondary N) is 1. The van der Waals surface area contributed by atoms with Gasteiger partial charge in [-0.05, 0) is 48.1 Å². The molecule has 3 rings (SSSR count). The number of hydrogen-bond donors (Lipinski definition) is 3. The number of halogens is 1. The molecule has 0 unspecified atom stereocenters. The number of anilines is 1. The molecule has 0 aromatic heterocycles. The van der Waals surface area contributed by atoms with Crippen LogP contribution in [0.15, 0.2) is 30.3 Å². The maximum Gasteiger partial charge on any atom is 0.354 e. The van der Waals surface area contributed by atoms with Crippen molar-refractivity contribution in [2.75, 3.05) is 5.73 Å². The first-order valence-electron chi connectivity index (χ1n) is 7.01. The van der Waals surface area contributed by atoms with Crippen molar-refractivity contribution in [3.63, 3.8) is 0 Å². The van der Waals surface area contributed by atoms with Gasteiger partial charge in [0, 0.05) is 16.8 Å². The van der Waals surface area contributed by atoms with E-state index in [9.17, 15) is 4.79 Å². The van der Waals surface area contributed by atoms with Crippen LogP contribution in [-0.4, -0.2) is 16.8 Å². The molecule has 112 valence electrons. The Bertz CT molecular complexity index is 799. The third-order valence-electron chi connectivity index (χ3n) is 4.03. The van der Waals surface area contributed by atoms with E-state index >= 15 is 0 Å². The topological polar surface area (TPSA) is 87.2 Å². The molecular weight excluding hydrogens is 300 g/mol. The number of rotatable bonds is 3. The van der Waals surface area contributed by atoms with E-state index in [0.29, 0.717) is 10.6 Å². The second kappa shape index (κ2) is 5.46. The lowest BCUT2D eigenvalue weighted by atomic mass is 9.97. The predicted molar refractivity (Wildman–Crippen MR) is 87.8 cm³/mol. The van der Waals surface area contributed by atoms with Crippen LogP contribution in [0.4, 0.5) is 5.69 Å². The van der Waals surface area contributed by atoms with Crippen molar-refractivity contribution in [3.05, 3.63) is 52.0 Å². The van der Waals surface area contributed by atoms with Crippen molar-refractivity contribution in [2.24, 2.45) is 0 Å². The molecule has 4 nitrogen and oxygen atoms in total. The lowest BCUT2D eigenvalue weighted by Crippen LogP contribution is -2.15. The van der Waals surface area contributed by atoms with Gasteiger partial charge in [-0.1, -0.05) is 29.8 Å². The molecule has 0 aliphatic heterocycles. The molecule has 0 amide bonds. The van der Waals surface area contributed by atoms with Crippen molar-refractivity contribution in [2.45, 2.75) is 19.3 Å². The van der Waals surface area contributed by atoms with E-state index in [4.69, 9.17) is 27.9 Å². The van der Waals surface area contributed by atoms with E-state index in [2.05, 4.69) is 12.1 Å². The van der Waals surface area contributed by atoms with E-state index in [-0.39, 0.29) is 11.3 Å². The summed E-state index contributed by atoms with van der Waals surface area (Å²) in [4.78, 5) is 11.0. The van der Waals surface area contributed by atoms with Crippen molar-refractivity contribution in [1.29, 1.82) is 5.41 Å². The number of benzene rings is 2. The number of hydrogen-bond acceptors (Lipinski definition) is 3. The molecule has 1 aliphatic rings. The lowest BCUT2D eigenvalue weighted by molar-refractivity contribution is -0.129. The van der Waals surface area contributed by atoms with Gasteiger partial charge in [-0.25, -0.2) is 4.79 Å². The van der Waals surface area contributed by atoms with Gasteiger partial charge in [-0.2, -0.15) is 0 Å². The first-order chi connectivity index (χ1) is 10.5. The van der Waals surface area contributed by atoms with Crippen molar-refractivity contribution >= 4 is 29.0 Å². The lowest BCUT2D eigenvalue weighted by Gasteiger charge is -2.12. The summed E-state index contributed by atoms with van der Waals surface area (Å²) in [5, 5.41) is 17.1. The Hall–Kier alpha value is -2.33. The number of carbonyl (C=O) groups is 1. The van der Waals surface area contributed by atoms with E-state index in [0.717, 1.165) is 24.8 Å². The van der Waals surface area contributed by atoms with Gasteiger partial charge in [-0.15, -0.1) is 0 Å². The number of aliphatic carboxylic acids is 1. The predicted octanol–water partition coefficient (Wildman–Crippen LogP) is 3.53. The Morgan fingerprint density at radius 2 is 1.91 bits per heavy atom. The van der Waals surface area contributed by atoms with E-state index in [1.807, 2.05) is 6.07 Å². The number of nitrogen functional groups attached to an aromatic ring is 1. The Morgan fingerprint density at radius 1 is 1.18 bits per heavy atom. The number of aryl methyl sites for hydroxylation is 2. The fourth-order valence-electron chi connectivity index (χ4n) is 2.88. The standard InChI is InChI=1S/C17H15ClN2O2/c18-14-8-15(19)13(16(20)17(21)22)7-12(14)11-5-4-9-2-1-3-10(9)6-11/h4-8,20H,1-3,19H2,(H,21,22). The highest BCUT2D eigenvalue weighted by Gasteiger charge is 2.18. The summed E-state index contributed by atoms with van der Waals surface area (Å²) < 4.78 is 0. The number of nitrogens with two attached hydrogens (primary N) is 1. The second-order valence-corrected chi connectivity index (χ2v) is 5.84. The van der Waals surface area contributed by atoms with Crippen molar-refractivity contribution in [1.82, 2.24) is 0 Å². The highest BCUT2D eigenvalue weighted by molar-refractivity contribution is 6.43. The zero-order valence-electron chi connectivity index (χ0n) is 11.8. The third-order valence-corrected chi connectivity index (χ3v) is 4.34. The van der Waals surface area contributed by atoms with Crippen LogP contribution in [-0.2, 0) is 17.6 Å². The van der Waals surface area contributed by atoms with Crippen LogP contribution >= 0.6 is 11.6 Å². The molecule has 2 aromatic carbocycles. The second-order valence-electron chi connectivity index (χ2n) is 5.44. The molecule has 0 bridgehead atoms. The monoisotopic (exact) mass is 314 g/mol. The minimum Gasteiger partial charge on any atom is -0.477 e. The van der Waals surface area contributed by atoms with Crippen LogP contribution in [0.2, 0.25) is 5.02 Å². The fourth-order valence-corrected chi connectivity index (χ4v) is 3.16. The molecule has 5 heteroatoms. The summed E-state index contributed by atoms with van der Waals surface area (Å²) in [7, 11) is 0. The van der Waals surface area contributed by atoms with Crippen molar-refractivity contribution in [3.8, 4) is 11.1 Å². The molecule has 4 N–H and O–H groups in total. The highest BCUT2D eigenvalue weighted by atomic mass is 35.5. The summed E-state index contributed by atoms with van der Waals surface area (Å²) in [5.41, 5.74) is 9.94. The molecular formula is C17H15ClN2O2. The summed E-state index contributed by atoms with van der Waals surface area (Å²) in [6.45, 7) is 0. The quantitative estimate of drug-likeness (QED) is 0.598.